The molecule has 0 aliphatic rings. The molecule has 0 amide bonds. The zero-order valence-electron chi connectivity index (χ0n) is 17.8. The summed E-state index contributed by atoms with van der Waals surface area (Å²) in [5.41, 5.74) is 0.648. The van der Waals surface area contributed by atoms with Gasteiger partial charge in [-0.2, -0.15) is 5.26 Å². The topological polar surface area (TPSA) is 33.0 Å². The smallest absolute Gasteiger partial charge is 0.119 e. The molecule has 0 radical (unpaired) electrons. The van der Waals surface area contributed by atoms with Crippen LogP contribution in [-0.2, 0) is 0 Å². The van der Waals surface area contributed by atoms with Crippen LogP contribution in [-0.4, -0.2) is 12.8 Å². The van der Waals surface area contributed by atoms with E-state index in [0.29, 0.717) is 12.2 Å². The van der Waals surface area contributed by atoms with Gasteiger partial charge in [0.05, 0.1) is 24.4 Å². The van der Waals surface area contributed by atoms with E-state index in [-0.39, 0.29) is 17.0 Å². The molecular weight excluding hydrogens is 477 g/mol. The molecule has 0 saturated heterocycles. The standard InChI is InChI=1S/C28H25NOP.BrH/c29-23-24-17-19-25(20-18-24)30-21-10-22-31(26-11-4-1-5-12-26,27-13-6-2-7-14-27)28-15-8-3-9-16-28;/h1-9,11-20H,10,21-22H2;1H/q+1;/p-1. The lowest BCUT2D eigenvalue weighted by molar-refractivity contribution is -0.00000671. The van der Waals surface area contributed by atoms with E-state index in [1.54, 1.807) is 12.1 Å². The summed E-state index contributed by atoms with van der Waals surface area (Å²) in [7, 11) is -1.81. The predicted octanol–water partition coefficient (Wildman–Crippen LogP) is 2.33. The lowest BCUT2D eigenvalue weighted by Gasteiger charge is -2.27. The molecule has 0 saturated carbocycles. The van der Waals surface area contributed by atoms with Gasteiger partial charge in [-0.1, -0.05) is 54.6 Å². The molecule has 0 aromatic heterocycles. The Bertz CT molecular complexity index is 1030. The first-order valence-corrected chi connectivity index (χ1v) is 12.5. The van der Waals surface area contributed by atoms with Crippen molar-refractivity contribution in [3.8, 4) is 11.8 Å². The number of halogens is 1. The van der Waals surface area contributed by atoms with Gasteiger partial charge in [-0.05, 0) is 60.7 Å². The number of nitrogens with zero attached hydrogens (tertiary/aromatic N) is 1. The first-order chi connectivity index (χ1) is 15.3. The third kappa shape index (κ3) is 5.28. The number of hydrogen-bond acceptors (Lipinski definition) is 2. The highest BCUT2D eigenvalue weighted by atomic mass is 79.9. The van der Waals surface area contributed by atoms with Crippen molar-refractivity contribution in [1.29, 1.82) is 5.26 Å². The van der Waals surface area contributed by atoms with Gasteiger partial charge in [0.25, 0.3) is 0 Å². The fourth-order valence-corrected chi connectivity index (χ4v) is 8.32. The predicted molar refractivity (Wildman–Crippen MR) is 131 cm³/mol. The quantitative estimate of drug-likeness (QED) is 0.274. The van der Waals surface area contributed by atoms with Gasteiger partial charge < -0.3 is 21.7 Å². The Balaban J connectivity index is 0.00000289. The van der Waals surface area contributed by atoms with Gasteiger partial charge in [0, 0.05) is 6.42 Å². The second kappa shape index (κ2) is 11.6. The summed E-state index contributed by atoms with van der Waals surface area (Å²) >= 11 is 0. The van der Waals surface area contributed by atoms with E-state index in [0.717, 1.165) is 18.3 Å². The Morgan fingerprint density at radius 1 is 0.625 bits per heavy atom. The molecule has 0 heterocycles. The number of benzene rings is 4. The first kappa shape index (κ1) is 23.7. The van der Waals surface area contributed by atoms with Gasteiger partial charge in [0.15, 0.2) is 0 Å². The molecule has 0 bridgehead atoms. The van der Waals surface area contributed by atoms with Crippen molar-refractivity contribution >= 4 is 23.2 Å². The van der Waals surface area contributed by atoms with E-state index in [1.807, 2.05) is 12.1 Å². The maximum atomic E-state index is 8.97. The zero-order valence-corrected chi connectivity index (χ0v) is 20.3. The Labute approximate surface area is 201 Å². The van der Waals surface area contributed by atoms with Crippen molar-refractivity contribution in [3.05, 3.63) is 121 Å². The molecule has 2 nitrogen and oxygen atoms in total. The molecule has 4 aromatic rings. The average Bonchev–Trinajstić information content (AvgIpc) is 2.86. The molecule has 0 aliphatic heterocycles. The highest BCUT2D eigenvalue weighted by Gasteiger charge is 2.44. The summed E-state index contributed by atoms with van der Waals surface area (Å²) in [5.74, 6) is 0.807. The molecule has 0 aliphatic carbocycles. The number of hydrogen-bond donors (Lipinski definition) is 0. The van der Waals surface area contributed by atoms with E-state index in [4.69, 9.17) is 10.00 Å². The van der Waals surface area contributed by atoms with Gasteiger partial charge in [-0.25, -0.2) is 0 Å². The van der Waals surface area contributed by atoms with E-state index < -0.39 is 7.26 Å². The van der Waals surface area contributed by atoms with Crippen LogP contribution in [0.15, 0.2) is 115 Å². The molecule has 0 spiro atoms. The fraction of sp³-hybridized carbons (Fsp3) is 0.107. The van der Waals surface area contributed by atoms with Crippen LogP contribution in [0.4, 0.5) is 0 Å². The van der Waals surface area contributed by atoms with E-state index in [1.165, 1.54) is 15.9 Å². The second-order valence-electron chi connectivity index (χ2n) is 7.38. The van der Waals surface area contributed by atoms with Crippen LogP contribution in [0.5, 0.6) is 5.75 Å². The second-order valence-corrected chi connectivity index (χ2v) is 11.0. The maximum Gasteiger partial charge on any atom is 0.119 e. The molecular formula is C28H25BrNOP. The van der Waals surface area contributed by atoms with Crippen LogP contribution < -0.4 is 37.6 Å². The minimum Gasteiger partial charge on any atom is -1.00 e. The molecule has 0 N–H and O–H groups in total. The first-order valence-electron chi connectivity index (χ1n) is 10.5. The Kier molecular flexibility index (Phi) is 8.63. The number of nitriles is 1. The highest BCUT2D eigenvalue weighted by Crippen LogP contribution is 2.55. The zero-order chi connectivity index (χ0) is 21.4. The Morgan fingerprint density at radius 3 is 1.47 bits per heavy atom. The maximum absolute atomic E-state index is 8.97. The molecule has 160 valence electrons. The third-order valence-electron chi connectivity index (χ3n) is 5.48. The van der Waals surface area contributed by atoms with Crippen LogP contribution in [0.1, 0.15) is 12.0 Å². The van der Waals surface area contributed by atoms with Crippen molar-refractivity contribution in [3.63, 3.8) is 0 Å². The van der Waals surface area contributed by atoms with E-state index >= 15 is 0 Å². The highest BCUT2D eigenvalue weighted by molar-refractivity contribution is 7.95. The number of ether oxygens (including phenoxy) is 1. The lowest BCUT2D eigenvalue weighted by Crippen LogP contribution is -3.00. The summed E-state index contributed by atoms with van der Waals surface area (Å²) in [6.45, 7) is 0.639. The van der Waals surface area contributed by atoms with Gasteiger partial charge in [0.2, 0.25) is 0 Å². The summed E-state index contributed by atoms with van der Waals surface area (Å²) in [6, 6.07) is 42.2. The summed E-state index contributed by atoms with van der Waals surface area (Å²) in [6.07, 6.45) is 1.97. The van der Waals surface area contributed by atoms with Gasteiger partial charge in [-0.3, -0.25) is 0 Å². The van der Waals surface area contributed by atoms with Crippen molar-refractivity contribution in [1.82, 2.24) is 0 Å². The lowest BCUT2D eigenvalue weighted by atomic mass is 10.2. The summed E-state index contributed by atoms with van der Waals surface area (Å²) in [5, 5.41) is 13.2. The van der Waals surface area contributed by atoms with Crippen molar-refractivity contribution < 1.29 is 21.7 Å². The van der Waals surface area contributed by atoms with Gasteiger partial charge in [-0.15, -0.1) is 0 Å². The molecule has 0 atom stereocenters. The van der Waals surface area contributed by atoms with Crippen LogP contribution >= 0.6 is 7.26 Å². The van der Waals surface area contributed by atoms with Crippen LogP contribution in [0, 0.1) is 11.3 Å². The Hall–Kier alpha value is -2.92. The molecule has 0 fully saturated rings. The van der Waals surface area contributed by atoms with Crippen LogP contribution in [0.3, 0.4) is 0 Å². The minimum atomic E-state index is -1.81. The van der Waals surface area contributed by atoms with Crippen molar-refractivity contribution in [2.24, 2.45) is 0 Å². The summed E-state index contributed by atoms with van der Waals surface area (Å²) in [4.78, 5) is 0. The van der Waals surface area contributed by atoms with Crippen LogP contribution in [0.25, 0.3) is 0 Å². The van der Waals surface area contributed by atoms with Gasteiger partial charge in [0.1, 0.15) is 28.9 Å². The van der Waals surface area contributed by atoms with Crippen molar-refractivity contribution in [2.45, 2.75) is 6.42 Å². The molecule has 0 unspecified atom stereocenters. The van der Waals surface area contributed by atoms with E-state index in [2.05, 4.69) is 97.1 Å². The average molecular weight is 502 g/mol. The Morgan fingerprint density at radius 2 is 1.06 bits per heavy atom. The summed E-state index contributed by atoms with van der Waals surface area (Å²) < 4.78 is 6.02. The molecule has 32 heavy (non-hydrogen) atoms. The molecule has 4 heteroatoms. The molecule has 4 aromatic carbocycles. The monoisotopic (exact) mass is 501 g/mol. The number of rotatable bonds is 8. The van der Waals surface area contributed by atoms with Crippen molar-refractivity contribution in [2.75, 3.05) is 12.8 Å². The van der Waals surface area contributed by atoms with Gasteiger partial charge >= 0.3 is 0 Å². The SMILES string of the molecule is N#Cc1ccc(OCCC[P+](c2ccccc2)(c2ccccc2)c2ccccc2)cc1.[Br-]. The third-order valence-corrected chi connectivity index (χ3v) is 10.0. The molecule has 4 rings (SSSR count). The van der Waals surface area contributed by atoms with Crippen LogP contribution in [0.2, 0.25) is 0 Å². The largest absolute Gasteiger partial charge is 1.00 e. The minimum absolute atomic E-state index is 0. The normalized spacial score (nSPS) is 10.6. The van der Waals surface area contributed by atoms with E-state index in [9.17, 15) is 0 Å². The fourth-order valence-electron chi connectivity index (χ4n) is 4.00.